The lowest BCUT2D eigenvalue weighted by Crippen LogP contribution is -2.47. The first-order valence-electron chi connectivity index (χ1n) is 7.94. The summed E-state index contributed by atoms with van der Waals surface area (Å²) in [5, 5.41) is 0. The molecule has 2 rings (SSSR count). The van der Waals surface area contributed by atoms with Crippen LogP contribution in [0.5, 0.6) is 0 Å². The molecule has 0 spiro atoms. The molecule has 0 aromatic heterocycles. The Balaban J connectivity index is 1.97. The van der Waals surface area contributed by atoms with Crippen molar-refractivity contribution in [3.05, 3.63) is 24.0 Å². The summed E-state index contributed by atoms with van der Waals surface area (Å²) in [5.41, 5.74) is 6.30. The van der Waals surface area contributed by atoms with Crippen molar-refractivity contribution in [3.8, 4) is 0 Å². The molecule has 0 atom stereocenters. The lowest BCUT2D eigenvalue weighted by atomic mass is 10.0. The number of amides is 1. The number of piperidine rings is 1. The van der Waals surface area contributed by atoms with E-state index in [9.17, 15) is 9.18 Å². The molecule has 23 heavy (non-hydrogen) atoms. The van der Waals surface area contributed by atoms with Gasteiger partial charge in [-0.25, -0.2) is 9.18 Å². The Bertz CT molecular complexity index is 543. The van der Waals surface area contributed by atoms with Crippen LogP contribution in [0.1, 0.15) is 33.6 Å². The maximum Gasteiger partial charge on any atom is 0.410 e. The van der Waals surface area contributed by atoms with E-state index in [-0.39, 0.29) is 18.0 Å². The van der Waals surface area contributed by atoms with Crippen LogP contribution in [-0.2, 0) is 4.74 Å². The number of carbonyl (C=O) groups is 1. The molecule has 6 heteroatoms. The number of para-hydroxylation sites is 1. The smallest absolute Gasteiger partial charge is 0.410 e. The first kappa shape index (κ1) is 17.4. The number of nitrogens with zero attached hydrogens (tertiary/aromatic N) is 2. The fourth-order valence-electron chi connectivity index (χ4n) is 2.83. The Kier molecular flexibility index (Phi) is 5.02. The van der Waals surface area contributed by atoms with Crippen LogP contribution in [-0.4, -0.2) is 42.8 Å². The van der Waals surface area contributed by atoms with Gasteiger partial charge in [-0.1, -0.05) is 6.07 Å². The number of rotatable bonds is 2. The summed E-state index contributed by atoms with van der Waals surface area (Å²) >= 11 is 0. The van der Waals surface area contributed by atoms with Crippen LogP contribution in [0, 0.1) is 5.82 Å². The van der Waals surface area contributed by atoms with Crippen molar-refractivity contribution in [1.82, 2.24) is 4.90 Å². The van der Waals surface area contributed by atoms with E-state index in [0.29, 0.717) is 24.5 Å². The van der Waals surface area contributed by atoms with Gasteiger partial charge >= 0.3 is 6.09 Å². The number of benzene rings is 1. The fourth-order valence-corrected chi connectivity index (χ4v) is 2.83. The van der Waals surface area contributed by atoms with Crippen LogP contribution < -0.4 is 10.6 Å². The highest BCUT2D eigenvalue weighted by Crippen LogP contribution is 2.30. The van der Waals surface area contributed by atoms with Crippen molar-refractivity contribution in [2.24, 2.45) is 0 Å². The Hall–Kier alpha value is -1.98. The molecule has 0 saturated carbocycles. The second-order valence-electron chi connectivity index (χ2n) is 6.99. The first-order chi connectivity index (χ1) is 10.7. The van der Waals surface area contributed by atoms with Crippen molar-refractivity contribution in [3.63, 3.8) is 0 Å². The maximum absolute atomic E-state index is 14.0. The van der Waals surface area contributed by atoms with Gasteiger partial charge in [-0.15, -0.1) is 0 Å². The monoisotopic (exact) mass is 323 g/mol. The molecule has 1 amide bonds. The van der Waals surface area contributed by atoms with Gasteiger partial charge in [0.25, 0.3) is 0 Å². The van der Waals surface area contributed by atoms with Gasteiger partial charge in [-0.2, -0.15) is 0 Å². The molecule has 0 unspecified atom stereocenters. The van der Waals surface area contributed by atoms with Crippen LogP contribution >= 0.6 is 0 Å². The van der Waals surface area contributed by atoms with Crippen LogP contribution in [0.4, 0.5) is 20.6 Å². The average Bonchev–Trinajstić information content (AvgIpc) is 2.45. The zero-order valence-electron chi connectivity index (χ0n) is 14.3. The van der Waals surface area contributed by atoms with Gasteiger partial charge in [0, 0.05) is 26.2 Å². The second-order valence-corrected chi connectivity index (χ2v) is 6.99. The molecule has 1 aliphatic heterocycles. The SMILES string of the molecule is CN(C(=O)OC(C)(C)C)C1CCN(c2c(N)cccc2F)CC1. The lowest BCUT2D eigenvalue weighted by molar-refractivity contribution is 0.0201. The van der Waals surface area contributed by atoms with E-state index in [4.69, 9.17) is 10.5 Å². The van der Waals surface area contributed by atoms with E-state index in [2.05, 4.69) is 0 Å². The van der Waals surface area contributed by atoms with E-state index in [0.717, 1.165) is 12.8 Å². The molecule has 0 bridgehead atoms. The van der Waals surface area contributed by atoms with Gasteiger partial charge in [0.2, 0.25) is 0 Å². The van der Waals surface area contributed by atoms with Crippen LogP contribution in [0.3, 0.4) is 0 Å². The summed E-state index contributed by atoms with van der Waals surface area (Å²) < 4.78 is 19.4. The Morgan fingerprint density at radius 1 is 1.35 bits per heavy atom. The first-order valence-corrected chi connectivity index (χ1v) is 7.94. The Labute approximate surface area is 137 Å². The van der Waals surface area contributed by atoms with Crippen LogP contribution in [0.25, 0.3) is 0 Å². The fraction of sp³-hybridized carbons (Fsp3) is 0.588. The maximum atomic E-state index is 14.0. The molecule has 1 aliphatic rings. The number of nitrogens with two attached hydrogens (primary N) is 1. The molecule has 2 N–H and O–H groups in total. The summed E-state index contributed by atoms with van der Waals surface area (Å²) in [7, 11) is 1.76. The number of ether oxygens (including phenoxy) is 1. The summed E-state index contributed by atoms with van der Waals surface area (Å²) in [5.74, 6) is -0.302. The third kappa shape index (κ3) is 4.27. The third-order valence-corrected chi connectivity index (χ3v) is 4.03. The van der Waals surface area contributed by atoms with Crippen molar-refractivity contribution in [1.29, 1.82) is 0 Å². The predicted molar refractivity (Wildman–Crippen MR) is 90.0 cm³/mol. The molecule has 1 saturated heterocycles. The highest BCUT2D eigenvalue weighted by atomic mass is 19.1. The lowest BCUT2D eigenvalue weighted by Gasteiger charge is -2.38. The highest BCUT2D eigenvalue weighted by molar-refractivity contribution is 5.69. The van der Waals surface area contributed by atoms with Crippen molar-refractivity contribution < 1.29 is 13.9 Å². The number of anilines is 2. The highest BCUT2D eigenvalue weighted by Gasteiger charge is 2.29. The molecule has 1 fully saturated rings. The minimum atomic E-state index is -0.506. The van der Waals surface area contributed by atoms with E-state index in [1.165, 1.54) is 6.07 Å². The largest absolute Gasteiger partial charge is 0.444 e. The molecule has 1 heterocycles. The minimum Gasteiger partial charge on any atom is -0.444 e. The Morgan fingerprint density at radius 2 is 1.96 bits per heavy atom. The van der Waals surface area contributed by atoms with Gasteiger partial charge < -0.3 is 20.3 Å². The number of hydrogen-bond acceptors (Lipinski definition) is 4. The quantitative estimate of drug-likeness (QED) is 0.849. The minimum absolute atomic E-state index is 0.0918. The zero-order valence-corrected chi connectivity index (χ0v) is 14.3. The predicted octanol–water partition coefficient (Wildman–Crippen LogP) is 3.24. The van der Waals surface area contributed by atoms with Gasteiger partial charge in [0.15, 0.2) is 0 Å². The van der Waals surface area contributed by atoms with Gasteiger partial charge in [-0.05, 0) is 45.7 Å². The van der Waals surface area contributed by atoms with Crippen molar-refractivity contribution >= 4 is 17.5 Å². The molecule has 0 radical (unpaired) electrons. The molecular weight excluding hydrogens is 297 g/mol. The van der Waals surface area contributed by atoms with E-state index < -0.39 is 5.60 Å². The standard InChI is InChI=1S/C17H26FN3O2/c1-17(2,3)23-16(22)20(4)12-8-10-21(11-9-12)15-13(18)6-5-7-14(15)19/h5-7,12H,8-11,19H2,1-4H3. The summed E-state index contributed by atoms with van der Waals surface area (Å²) in [6.07, 6.45) is 1.19. The summed E-state index contributed by atoms with van der Waals surface area (Å²) in [4.78, 5) is 15.7. The van der Waals surface area contributed by atoms with Crippen molar-refractivity contribution in [2.75, 3.05) is 30.8 Å². The average molecular weight is 323 g/mol. The van der Waals surface area contributed by atoms with Gasteiger partial charge in [0.1, 0.15) is 11.4 Å². The molecule has 1 aromatic rings. The topological polar surface area (TPSA) is 58.8 Å². The van der Waals surface area contributed by atoms with Crippen LogP contribution in [0.2, 0.25) is 0 Å². The Morgan fingerprint density at radius 3 is 2.48 bits per heavy atom. The van der Waals surface area contributed by atoms with E-state index in [1.807, 2.05) is 25.7 Å². The van der Waals surface area contributed by atoms with Gasteiger partial charge in [0.05, 0.1) is 11.4 Å². The molecule has 0 aliphatic carbocycles. The summed E-state index contributed by atoms with van der Waals surface area (Å²) in [6, 6.07) is 4.83. The summed E-state index contributed by atoms with van der Waals surface area (Å²) in [6.45, 7) is 6.86. The number of carbonyl (C=O) groups excluding carboxylic acids is 1. The second kappa shape index (κ2) is 6.64. The van der Waals surface area contributed by atoms with Crippen LogP contribution in [0.15, 0.2) is 18.2 Å². The number of hydrogen-bond donors (Lipinski definition) is 1. The van der Waals surface area contributed by atoms with Gasteiger partial charge in [-0.3, -0.25) is 0 Å². The normalized spacial score (nSPS) is 16.3. The van der Waals surface area contributed by atoms with E-state index in [1.54, 1.807) is 24.1 Å². The molecule has 1 aromatic carbocycles. The molecular formula is C17H26FN3O2. The number of nitrogen functional groups attached to an aromatic ring is 1. The molecule has 5 nitrogen and oxygen atoms in total. The molecule has 128 valence electrons. The number of halogens is 1. The van der Waals surface area contributed by atoms with Crippen molar-refractivity contribution in [2.45, 2.75) is 45.3 Å². The zero-order chi connectivity index (χ0) is 17.2. The third-order valence-electron chi connectivity index (χ3n) is 4.03. The van der Waals surface area contributed by atoms with E-state index >= 15 is 0 Å².